The summed E-state index contributed by atoms with van der Waals surface area (Å²) in [5, 5.41) is 7.25. The van der Waals surface area contributed by atoms with Crippen molar-refractivity contribution in [3.63, 3.8) is 0 Å². The van der Waals surface area contributed by atoms with E-state index in [1.807, 2.05) is 0 Å². The monoisotopic (exact) mass is 287 g/mol. The number of nitrogens with zero attached hydrogens (tertiary/aromatic N) is 2. The van der Waals surface area contributed by atoms with Crippen LogP contribution in [0.1, 0.15) is 74.9 Å². The zero-order valence-corrected chi connectivity index (χ0v) is 11.4. The smallest absolute Gasteiger partial charge is 0.263 e. The highest BCUT2D eigenvalue weighted by Crippen LogP contribution is 2.42. The minimum atomic E-state index is -4.04. The van der Waals surface area contributed by atoms with Gasteiger partial charge in [-0.15, -0.1) is 0 Å². The van der Waals surface area contributed by atoms with Gasteiger partial charge in [0.2, 0.25) is 0 Å². The fourth-order valence-corrected chi connectivity index (χ4v) is 3.53. The zero-order valence-electron chi connectivity index (χ0n) is 11.4. The molecule has 20 heavy (non-hydrogen) atoms. The number of aromatic nitrogens is 3. The van der Waals surface area contributed by atoms with Crippen LogP contribution in [-0.2, 0) is 0 Å². The second-order valence-electron chi connectivity index (χ2n) is 6.15. The van der Waals surface area contributed by atoms with E-state index in [4.69, 9.17) is 0 Å². The Hall–Kier alpha value is -1.07. The van der Waals surface area contributed by atoms with Gasteiger partial charge in [-0.2, -0.15) is 18.3 Å². The molecule has 0 unspecified atom stereocenters. The van der Waals surface area contributed by atoms with Crippen LogP contribution >= 0.6 is 0 Å². The molecule has 0 spiro atoms. The molecule has 0 radical (unpaired) electrons. The summed E-state index contributed by atoms with van der Waals surface area (Å²) < 4.78 is 37.9. The quantitative estimate of drug-likeness (QED) is 0.881. The van der Waals surface area contributed by atoms with Gasteiger partial charge in [-0.1, -0.05) is 12.8 Å². The highest BCUT2D eigenvalue weighted by atomic mass is 19.4. The van der Waals surface area contributed by atoms with Gasteiger partial charge in [0.25, 0.3) is 0 Å². The van der Waals surface area contributed by atoms with Crippen molar-refractivity contribution < 1.29 is 13.2 Å². The third-order valence-corrected chi connectivity index (χ3v) is 4.82. The van der Waals surface area contributed by atoms with E-state index in [0.717, 1.165) is 24.5 Å². The number of rotatable bonds is 2. The Morgan fingerprint density at radius 1 is 0.900 bits per heavy atom. The molecular formula is C14H20F3N3. The predicted octanol–water partition coefficient (Wildman–Crippen LogP) is 4.30. The lowest BCUT2D eigenvalue weighted by atomic mass is 9.81. The van der Waals surface area contributed by atoms with Crippen molar-refractivity contribution in [3.05, 3.63) is 11.6 Å². The number of H-pyrrole nitrogens is 1. The first-order valence-electron chi connectivity index (χ1n) is 7.53. The Morgan fingerprint density at radius 3 is 2.15 bits per heavy atom. The van der Waals surface area contributed by atoms with Crippen molar-refractivity contribution in [3.8, 4) is 0 Å². The first-order valence-corrected chi connectivity index (χ1v) is 7.53. The fourth-order valence-electron chi connectivity index (χ4n) is 3.53. The third kappa shape index (κ3) is 2.83. The van der Waals surface area contributed by atoms with Crippen LogP contribution in [0.15, 0.2) is 0 Å². The summed E-state index contributed by atoms with van der Waals surface area (Å²) in [4.78, 5) is 4.56. The maximum absolute atomic E-state index is 12.6. The van der Waals surface area contributed by atoms with Crippen LogP contribution in [0.4, 0.5) is 13.2 Å². The maximum Gasteiger partial charge on any atom is 0.391 e. The van der Waals surface area contributed by atoms with Gasteiger partial charge in [0.1, 0.15) is 5.82 Å². The average Bonchev–Trinajstić information content (AvgIpc) is 3.09. The Morgan fingerprint density at radius 2 is 1.55 bits per heavy atom. The van der Waals surface area contributed by atoms with Crippen LogP contribution in [0, 0.1) is 5.92 Å². The zero-order chi connectivity index (χ0) is 14.2. The first kappa shape index (κ1) is 13.9. The van der Waals surface area contributed by atoms with Crippen molar-refractivity contribution in [1.82, 2.24) is 15.2 Å². The van der Waals surface area contributed by atoms with Crippen LogP contribution in [-0.4, -0.2) is 21.4 Å². The molecule has 1 aromatic heterocycles. The summed E-state index contributed by atoms with van der Waals surface area (Å²) in [6, 6.07) is 0. The molecule has 0 aromatic carbocycles. The van der Waals surface area contributed by atoms with E-state index in [1.54, 1.807) is 0 Å². The highest BCUT2D eigenvalue weighted by molar-refractivity contribution is 5.04. The molecule has 1 aromatic rings. The van der Waals surface area contributed by atoms with Crippen molar-refractivity contribution in [2.24, 2.45) is 5.92 Å². The number of halogens is 3. The van der Waals surface area contributed by atoms with Gasteiger partial charge in [0, 0.05) is 11.8 Å². The Balaban J connectivity index is 1.61. The summed E-state index contributed by atoms with van der Waals surface area (Å²) >= 11 is 0. The molecule has 1 N–H and O–H groups in total. The highest BCUT2D eigenvalue weighted by Gasteiger charge is 2.42. The minimum absolute atomic E-state index is 0.122. The number of alkyl halides is 3. The molecule has 0 atom stereocenters. The molecule has 1 heterocycles. The Kier molecular flexibility index (Phi) is 3.73. The molecular weight excluding hydrogens is 267 g/mol. The van der Waals surface area contributed by atoms with Gasteiger partial charge in [-0.3, -0.25) is 5.10 Å². The van der Waals surface area contributed by atoms with E-state index in [2.05, 4.69) is 15.2 Å². The minimum Gasteiger partial charge on any atom is -0.263 e. The van der Waals surface area contributed by atoms with E-state index < -0.39 is 12.1 Å². The second kappa shape index (κ2) is 5.37. The van der Waals surface area contributed by atoms with Crippen LogP contribution in [0.5, 0.6) is 0 Å². The molecule has 0 saturated heterocycles. The molecule has 2 aliphatic rings. The number of hydrogen-bond donors (Lipinski definition) is 1. The number of aromatic amines is 1. The molecule has 3 nitrogen and oxygen atoms in total. The van der Waals surface area contributed by atoms with E-state index in [-0.39, 0.29) is 18.8 Å². The molecule has 2 saturated carbocycles. The third-order valence-electron chi connectivity index (χ3n) is 4.82. The normalized spacial score (nSPS) is 28.9. The summed E-state index contributed by atoms with van der Waals surface area (Å²) in [7, 11) is 0. The lowest BCUT2D eigenvalue weighted by Crippen LogP contribution is -2.27. The van der Waals surface area contributed by atoms with Crippen molar-refractivity contribution in [1.29, 1.82) is 0 Å². The molecule has 0 aliphatic heterocycles. The van der Waals surface area contributed by atoms with Crippen LogP contribution in [0.25, 0.3) is 0 Å². The molecule has 112 valence electrons. The van der Waals surface area contributed by atoms with Gasteiger partial charge in [-0.25, -0.2) is 4.98 Å². The maximum atomic E-state index is 12.6. The standard InChI is InChI=1S/C14H20F3N3/c15-14(16,17)11-7-5-10(6-8-11)13-18-12(19-20-13)9-3-1-2-4-9/h9-11H,1-8H2,(H,18,19,20). The summed E-state index contributed by atoms with van der Waals surface area (Å²) in [6.07, 6.45) is 2.24. The lowest BCUT2D eigenvalue weighted by Gasteiger charge is -2.28. The summed E-state index contributed by atoms with van der Waals surface area (Å²) in [6.45, 7) is 0. The molecule has 3 rings (SSSR count). The molecule has 2 fully saturated rings. The Bertz CT molecular complexity index is 441. The average molecular weight is 287 g/mol. The fraction of sp³-hybridized carbons (Fsp3) is 0.857. The van der Waals surface area contributed by atoms with E-state index >= 15 is 0 Å². The molecule has 6 heteroatoms. The van der Waals surface area contributed by atoms with Crippen LogP contribution < -0.4 is 0 Å². The van der Waals surface area contributed by atoms with Gasteiger partial charge >= 0.3 is 6.18 Å². The summed E-state index contributed by atoms with van der Waals surface area (Å²) in [5.74, 6) is 1.11. The lowest BCUT2D eigenvalue weighted by molar-refractivity contribution is -0.182. The molecule has 2 aliphatic carbocycles. The second-order valence-corrected chi connectivity index (χ2v) is 6.15. The SMILES string of the molecule is FC(F)(F)C1CCC(c2nc(C3CCCC3)n[nH]2)CC1. The van der Waals surface area contributed by atoms with Gasteiger partial charge in [0.15, 0.2) is 5.82 Å². The van der Waals surface area contributed by atoms with Crippen LogP contribution in [0.2, 0.25) is 0 Å². The number of hydrogen-bond acceptors (Lipinski definition) is 2. The van der Waals surface area contributed by atoms with Crippen molar-refractivity contribution in [2.45, 2.75) is 69.4 Å². The number of nitrogens with one attached hydrogen (secondary N) is 1. The molecule has 0 bridgehead atoms. The largest absolute Gasteiger partial charge is 0.391 e. The predicted molar refractivity (Wildman–Crippen MR) is 68.3 cm³/mol. The van der Waals surface area contributed by atoms with E-state index in [9.17, 15) is 13.2 Å². The van der Waals surface area contributed by atoms with Gasteiger partial charge in [-0.05, 0) is 38.5 Å². The van der Waals surface area contributed by atoms with Gasteiger partial charge in [0.05, 0.1) is 5.92 Å². The first-order chi connectivity index (χ1) is 9.54. The Labute approximate surface area is 116 Å². The summed E-state index contributed by atoms with van der Waals surface area (Å²) in [5.41, 5.74) is 0. The molecule has 0 amide bonds. The van der Waals surface area contributed by atoms with Gasteiger partial charge < -0.3 is 0 Å². The van der Waals surface area contributed by atoms with Crippen LogP contribution in [0.3, 0.4) is 0 Å². The van der Waals surface area contributed by atoms with E-state index in [1.165, 1.54) is 12.8 Å². The van der Waals surface area contributed by atoms with Crippen molar-refractivity contribution >= 4 is 0 Å². The topological polar surface area (TPSA) is 41.6 Å². The van der Waals surface area contributed by atoms with Crippen molar-refractivity contribution in [2.75, 3.05) is 0 Å². The van der Waals surface area contributed by atoms with E-state index in [0.29, 0.717) is 18.8 Å².